The lowest BCUT2D eigenvalue weighted by Crippen LogP contribution is -2.19. The highest BCUT2D eigenvalue weighted by Crippen LogP contribution is 2.25. The minimum absolute atomic E-state index is 0.513. The Kier molecular flexibility index (Phi) is 5.66. The average molecular weight is 317 g/mol. The molecule has 0 bridgehead atoms. The highest BCUT2D eigenvalue weighted by Gasteiger charge is 2.13. The van der Waals surface area contributed by atoms with E-state index >= 15 is 0 Å². The first-order chi connectivity index (χ1) is 11.8. The Labute approximate surface area is 145 Å². The molecule has 1 heteroatoms. The molecule has 0 spiro atoms. The molecule has 0 aliphatic carbocycles. The molecule has 1 unspecified atom stereocenters. The van der Waals surface area contributed by atoms with E-state index in [2.05, 4.69) is 91.8 Å². The predicted molar refractivity (Wildman–Crippen MR) is 104 cm³/mol. The van der Waals surface area contributed by atoms with Gasteiger partial charge < -0.3 is 4.90 Å². The number of hydrogen-bond donors (Lipinski definition) is 0. The van der Waals surface area contributed by atoms with Crippen LogP contribution < -0.4 is 0 Å². The first kappa shape index (κ1) is 16.7. The van der Waals surface area contributed by atoms with Gasteiger partial charge in [0.25, 0.3) is 0 Å². The van der Waals surface area contributed by atoms with Crippen LogP contribution in [-0.2, 0) is 6.42 Å². The van der Waals surface area contributed by atoms with Crippen molar-refractivity contribution in [2.24, 2.45) is 0 Å². The van der Waals surface area contributed by atoms with Gasteiger partial charge in [-0.05, 0) is 55.3 Å². The lowest BCUT2D eigenvalue weighted by molar-refractivity contribution is 0.277. The van der Waals surface area contributed by atoms with Crippen molar-refractivity contribution in [1.29, 1.82) is 0 Å². The van der Waals surface area contributed by atoms with Gasteiger partial charge in [-0.25, -0.2) is 0 Å². The molecule has 0 aliphatic rings. The van der Waals surface area contributed by atoms with E-state index < -0.39 is 0 Å². The summed E-state index contributed by atoms with van der Waals surface area (Å²) in [5.41, 5.74) is 2.90. The summed E-state index contributed by atoms with van der Waals surface area (Å²) in [5, 5.41) is 2.76. The third-order valence-corrected chi connectivity index (χ3v) is 4.86. The number of nitrogens with zero attached hydrogens (tertiary/aromatic N) is 1. The van der Waals surface area contributed by atoms with Crippen molar-refractivity contribution in [2.75, 3.05) is 14.1 Å². The zero-order valence-electron chi connectivity index (χ0n) is 14.8. The van der Waals surface area contributed by atoms with E-state index in [1.54, 1.807) is 0 Å². The van der Waals surface area contributed by atoms with Gasteiger partial charge in [-0.3, -0.25) is 0 Å². The van der Waals surface area contributed by atoms with Crippen LogP contribution >= 0.6 is 0 Å². The molecule has 0 aromatic heterocycles. The molecule has 0 N–H and O–H groups in total. The highest BCUT2D eigenvalue weighted by molar-refractivity contribution is 5.85. The summed E-state index contributed by atoms with van der Waals surface area (Å²) in [5.74, 6) is 0. The second kappa shape index (κ2) is 8.12. The van der Waals surface area contributed by atoms with Gasteiger partial charge in [-0.1, -0.05) is 79.2 Å². The molecule has 0 fully saturated rings. The van der Waals surface area contributed by atoms with Gasteiger partial charge in [-0.15, -0.1) is 0 Å². The minimum atomic E-state index is 0.513. The molecule has 3 aromatic carbocycles. The van der Waals surface area contributed by atoms with Crippen LogP contribution in [0.5, 0.6) is 0 Å². The summed E-state index contributed by atoms with van der Waals surface area (Å²) < 4.78 is 0. The lowest BCUT2D eigenvalue weighted by Gasteiger charge is -2.24. The minimum Gasteiger partial charge on any atom is -0.302 e. The molecular formula is C23H27N. The van der Waals surface area contributed by atoms with Crippen molar-refractivity contribution >= 4 is 10.8 Å². The van der Waals surface area contributed by atoms with E-state index in [9.17, 15) is 0 Å². The van der Waals surface area contributed by atoms with Crippen LogP contribution in [0.25, 0.3) is 10.8 Å². The zero-order chi connectivity index (χ0) is 16.8. The van der Waals surface area contributed by atoms with Gasteiger partial charge in [-0.2, -0.15) is 0 Å². The smallest absolute Gasteiger partial charge is 0.0342 e. The van der Waals surface area contributed by atoms with Crippen LogP contribution in [0, 0.1) is 0 Å². The third-order valence-electron chi connectivity index (χ3n) is 4.86. The monoisotopic (exact) mass is 317 g/mol. The van der Waals surface area contributed by atoms with Crippen LogP contribution in [-0.4, -0.2) is 19.0 Å². The molecule has 0 heterocycles. The van der Waals surface area contributed by atoms with Gasteiger partial charge in [0.2, 0.25) is 0 Å². The number of aryl methyl sites for hydroxylation is 1. The maximum Gasteiger partial charge on any atom is 0.0342 e. The predicted octanol–water partition coefficient (Wildman–Crippen LogP) is 5.86. The number of rotatable bonds is 7. The van der Waals surface area contributed by atoms with Crippen LogP contribution in [0.2, 0.25) is 0 Å². The number of hydrogen-bond acceptors (Lipinski definition) is 1. The molecule has 1 atom stereocenters. The Morgan fingerprint density at radius 1 is 0.750 bits per heavy atom. The van der Waals surface area contributed by atoms with E-state index in [0.717, 1.165) is 6.42 Å². The Balaban J connectivity index is 1.59. The molecule has 0 saturated heterocycles. The Hall–Kier alpha value is -2.12. The maximum atomic E-state index is 2.34. The fourth-order valence-electron chi connectivity index (χ4n) is 3.56. The Morgan fingerprint density at radius 2 is 1.46 bits per heavy atom. The summed E-state index contributed by atoms with van der Waals surface area (Å²) in [6.07, 6.45) is 4.87. The largest absolute Gasteiger partial charge is 0.302 e. The quantitative estimate of drug-likeness (QED) is 0.494. The number of unbranched alkanes of at least 4 members (excludes halogenated alkanes) is 1. The van der Waals surface area contributed by atoms with E-state index in [1.165, 1.54) is 41.2 Å². The standard InChI is InChI=1S/C23H27N/c1-24(2)23(21-13-4-3-5-14-21)18-9-7-12-20-16-10-15-19-11-6-8-17-22(19)20/h3-6,8,10-11,13-17,23H,7,9,12,18H2,1-2H3. The van der Waals surface area contributed by atoms with Gasteiger partial charge in [0.15, 0.2) is 0 Å². The van der Waals surface area contributed by atoms with Crippen LogP contribution in [0.4, 0.5) is 0 Å². The molecule has 24 heavy (non-hydrogen) atoms. The second-order valence-corrected chi connectivity index (χ2v) is 6.77. The van der Waals surface area contributed by atoms with Crippen LogP contribution in [0.3, 0.4) is 0 Å². The SMILES string of the molecule is CN(C)C(CCCCc1cccc2ccccc12)c1ccccc1. The molecule has 0 radical (unpaired) electrons. The zero-order valence-corrected chi connectivity index (χ0v) is 14.8. The van der Waals surface area contributed by atoms with Crippen molar-refractivity contribution in [1.82, 2.24) is 4.90 Å². The van der Waals surface area contributed by atoms with Crippen molar-refractivity contribution in [2.45, 2.75) is 31.7 Å². The van der Waals surface area contributed by atoms with Gasteiger partial charge in [0.05, 0.1) is 0 Å². The maximum absolute atomic E-state index is 2.34. The summed E-state index contributed by atoms with van der Waals surface area (Å²) in [6.45, 7) is 0. The van der Waals surface area contributed by atoms with E-state index in [-0.39, 0.29) is 0 Å². The average Bonchev–Trinajstić information content (AvgIpc) is 2.62. The first-order valence-electron chi connectivity index (χ1n) is 8.94. The topological polar surface area (TPSA) is 3.24 Å². The van der Waals surface area contributed by atoms with E-state index in [1.807, 2.05) is 0 Å². The Morgan fingerprint density at radius 3 is 2.25 bits per heavy atom. The fourth-order valence-corrected chi connectivity index (χ4v) is 3.56. The van der Waals surface area contributed by atoms with Crippen molar-refractivity contribution in [3.8, 4) is 0 Å². The summed E-state index contributed by atoms with van der Waals surface area (Å²) in [7, 11) is 4.37. The highest BCUT2D eigenvalue weighted by atomic mass is 15.1. The summed E-state index contributed by atoms with van der Waals surface area (Å²) in [4.78, 5) is 2.34. The summed E-state index contributed by atoms with van der Waals surface area (Å²) >= 11 is 0. The molecule has 3 aromatic rings. The van der Waals surface area contributed by atoms with E-state index in [4.69, 9.17) is 0 Å². The molecule has 0 saturated carbocycles. The second-order valence-electron chi connectivity index (χ2n) is 6.77. The van der Waals surface area contributed by atoms with Crippen LogP contribution in [0.1, 0.15) is 36.4 Å². The molecule has 124 valence electrons. The van der Waals surface area contributed by atoms with Crippen molar-refractivity contribution < 1.29 is 0 Å². The first-order valence-corrected chi connectivity index (χ1v) is 8.94. The van der Waals surface area contributed by atoms with Gasteiger partial charge in [0, 0.05) is 6.04 Å². The van der Waals surface area contributed by atoms with Gasteiger partial charge in [0.1, 0.15) is 0 Å². The molecule has 0 amide bonds. The summed E-state index contributed by atoms with van der Waals surface area (Å²) in [6, 6.07) is 26.8. The van der Waals surface area contributed by atoms with Crippen molar-refractivity contribution in [3.05, 3.63) is 83.9 Å². The normalized spacial score (nSPS) is 12.6. The molecule has 0 aliphatic heterocycles. The Bertz CT molecular complexity index is 756. The third kappa shape index (κ3) is 4.04. The van der Waals surface area contributed by atoms with Crippen LogP contribution in [0.15, 0.2) is 72.8 Å². The van der Waals surface area contributed by atoms with Gasteiger partial charge >= 0.3 is 0 Å². The lowest BCUT2D eigenvalue weighted by atomic mass is 9.96. The molecule has 3 rings (SSSR count). The molecule has 1 nitrogen and oxygen atoms in total. The fraction of sp³-hybridized carbons (Fsp3) is 0.304. The number of fused-ring (bicyclic) bond motifs is 1. The molecular weight excluding hydrogens is 290 g/mol. The van der Waals surface area contributed by atoms with Crippen molar-refractivity contribution in [3.63, 3.8) is 0 Å². The van der Waals surface area contributed by atoms with E-state index in [0.29, 0.717) is 6.04 Å². The number of benzene rings is 3.